The summed E-state index contributed by atoms with van der Waals surface area (Å²) in [5, 5.41) is 0.832. The summed E-state index contributed by atoms with van der Waals surface area (Å²) < 4.78 is 0. The molecule has 3 aliphatic carbocycles. The molecule has 35 heavy (non-hydrogen) atoms. The molecule has 2 saturated carbocycles. The minimum Gasteiger partial charge on any atom is -0.112 e. The summed E-state index contributed by atoms with van der Waals surface area (Å²) in [7, 11) is 2.23. The Balaban J connectivity index is 1.87. The van der Waals surface area contributed by atoms with Crippen LogP contribution in [0, 0.1) is 17.8 Å². The lowest BCUT2D eigenvalue weighted by Crippen LogP contribution is -2.49. The molecule has 4 atom stereocenters. The topological polar surface area (TPSA) is 0 Å². The van der Waals surface area contributed by atoms with Crippen LogP contribution in [0.1, 0.15) is 124 Å². The van der Waals surface area contributed by atoms with Gasteiger partial charge >= 0.3 is 0 Å². The molecule has 0 saturated heterocycles. The summed E-state index contributed by atoms with van der Waals surface area (Å²) in [6.07, 6.45) is 17.6. The smallest absolute Gasteiger partial charge is 0.0166 e. The Labute approximate surface area is 221 Å². The quantitative estimate of drug-likeness (QED) is 0.304. The summed E-state index contributed by atoms with van der Waals surface area (Å²) in [6.45, 7) is 15.4. The lowest BCUT2D eigenvalue weighted by atomic mass is 9.64. The van der Waals surface area contributed by atoms with Crippen LogP contribution in [0.2, 0.25) is 0 Å². The molecule has 0 aliphatic heterocycles. The number of hydrogen-bond donors (Lipinski definition) is 0. The van der Waals surface area contributed by atoms with Gasteiger partial charge in [0, 0.05) is 5.16 Å². The van der Waals surface area contributed by atoms with Gasteiger partial charge in [-0.1, -0.05) is 116 Å². The predicted molar refractivity (Wildman–Crippen MR) is 163 cm³/mol. The zero-order chi connectivity index (χ0) is 25.1. The first-order valence-electron chi connectivity index (χ1n) is 15.1. The summed E-state index contributed by atoms with van der Waals surface area (Å²) in [6, 6.07) is 11.7. The van der Waals surface area contributed by atoms with Crippen LogP contribution in [0.3, 0.4) is 0 Å². The fraction of sp³-hybridized carbons (Fsp3) is 0.758. The normalized spacial score (nSPS) is 30.2. The van der Waals surface area contributed by atoms with Crippen LogP contribution in [-0.4, -0.2) is 21.6 Å². The average molecular weight is 513 g/mol. The molecule has 1 aromatic rings. The fourth-order valence-corrected chi connectivity index (χ4v) is 12.9. The van der Waals surface area contributed by atoms with Crippen molar-refractivity contribution in [1.29, 1.82) is 0 Å². The molecule has 1 aromatic carbocycles. The third-order valence-electron chi connectivity index (χ3n) is 9.88. The van der Waals surface area contributed by atoms with Crippen LogP contribution in [-0.2, 0) is 0 Å². The molecule has 0 amide bonds. The van der Waals surface area contributed by atoms with Gasteiger partial charge in [0.25, 0.3) is 0 Å². The molecule has 0 aromatic heterocycles. The molecule has 0 nitrogen and oxygen atoms in total. The van der Waals surface area contributed by atoms with Crippen LogP contribution in [0.15, 0.2) is 35.9 Å². The monoisotopic (exact) mass is 512 g/mol. The molecule has 0 spiro atoms. The number of hydrogen-bond acceptors (Lipinski definition) is 0. The Morgan fingerprint density at radius 1 is 0.686 bits per heavy atom. The lowest BCUT2D eigenvalue weighted by Gasteiger charge is -2.57. The fourth-order valence-electron chi connectivity index (χ4n) is 7.63. The zero-order valence-electron chi connectivity index (χ0n) is 23.8. The van der Waals surface area contributed by atoms with Gasteiger partial charge in [-0.15, -0.1) is 17.2 Å². The highest BCUT2D eigenvalue weighted by atomic mass is 31.1. The Morgan fingerprint density at radius 2 is 1.23 bits per heavy atom. The largest absolute Gasteiger partial charge is 0.112 e. The van der Waals surface area contributed by atoms with E-state index in [2.05, 4.69) is 71.9 Å². The highest BCUT2D eigenvalue weighted by Crippen LogP contribution is 2.67. The second-order valence-electron chi connectivity index (χ2n) is 13.2. The van der Waals surface area contributed by atoms with Gasteiger partial charge in [0.2, 0.25) is 0 Å². The van der Waals surface area contributed by atoms with E-state index in [4.69, 9.17) is 0 Å². The minimum atomic E-state index is 0.340. The van der Waals surface area contributed by atoms with Crippen LogP contribution >= 0.6 is 17.2 Å². The standard InChI is InChI=1S/C33H54P2/c1-24(2)30-22-32(25(3)4,34-28-18-12-8-13-19-28)23-33(26(5)6,35-29-20-14-9-15-21-29)31(30)27-16-10-7-11-17-27/h7,10-11,16-17,24-26,28-29,34-35H,8-9,12-15,18-23H2,1-6H3. The Hall–Kier alpha value is -0.180. The second-order valence-corrected chi connectivity index (χ2v) is 17.3. The van der Waals surface area contributed by atoms with Crippen LogP contribution in [0.5, 0.6) is 0 Å². The van der Waals surface area contributed by atoms with Crippen molar-refractivity contribution >= 4 is 22.7 Å². The van der Waals surface area contributed by atoms with E-state index in [1.807, 2.05) is 5.57 Å². The predicted octanol–water partition coefficient (Wildman–Crippen LogP) is 10.7. The van der Waals surface area contributed by atoms with E-state index >= 15 is 0 Å². The van der Waals surface area contributed by atoms with Crippen molar-refractivity contribution in [3.8, 4) is 0 Å². The van der Waals surface area contributed by atoms with Gasteiger partial charge in [-0.05, 0) is 83.9 Å². The van der Waals surface area contributed by atoms with Crippen molar-refractivity contribution in [3.05, 3.63) is 41.5 Å². The van der Waals surface area contributed by atoms with E-state index in [9.17, 15) is 0 Å². The van der Waals surface area contributed by atoms with E-state index in [1.54, 1.807) is 11.1 Å². The Kier molecular flexibility index (Phi) is 9.64. The summed E-state index contributed by atoms with van der Waals surface area (Å²) in [4.78, 5) is 0. The number of allylic oxidation sites excluding steroid dienone is 2. The number of rotatable bonds is 8. The van der Waals surface area contributed by atoms with Gasteiger partial charge in [0.05, 0.1) is 0 Å². The van der Waals surface area contributed by atoms with Crippen molar-refractivity contribution < 1.29 is 0 Å². The molecule has 196 valence electrons. The third-order valence-corrected chi connectivity index (χ3v) is 14.9. The van der Waals surface area contributed by atoms with E-state index in [0.29, 0.717) is 22.1 Å². The molecule has 3 aliphatic rings. The van der Waals surface area contributed by atoms with Crippen LogP contribution in [0.4, 0.5) is 0 Å². The maximum atomic E-state index is 2.59. The van der Waals surface area contributed by atoms with Gasteiger partial charge in [-0.25, -0.2) is 0 Å². The first-order valence-corrected chi connectivity index (χ1v) is 17.3. The number of benzene rings is 1. The molecule has 2 fully saturated rings. The molecule has 0 bridgehead atoms. The van der Waals surface area contributed by atoms with Crippen molar-refractivity contribution in [3.63, 3.8) is 0 Å². The van der Waals surface area contributed by atoms with Crippen molar-refractivity contribution in [2.45, 2.75) is 140 Å². The Bertz CT molecular complexity index is 826. The first kappa shape index (κ1) is 27.8. The molecule has 0 N–H and O–H groups in total. The molecule has 2 heteroatoms. The first-order chi connectivity index (χ1) is 16.8. The maximum absolute atomic E-state index is 2.59. The maximum Gasteiger partial charge on any atom is 0.0166 e. The summed E-state index contributed by atoms with van der Waals surface area (Å²) in [5.74, 6) is 2.10. The molecular formula is C33H54P2. The van der Waals surface area contributed by atoms with Gasteiger partial charge in [-0.3, -0.25) is 0 Å². The van der Waals surface area contributed by atoms with E-state index in [0.717, 1.165) is 34.4 Å². The molecular weight excluding hydrogens is 458 g/mol. The highest BCUT2D eigenvalue weighted by Gasteiger charge is 2.53. The van der Waals surface area contributed by atoms with E-state index < -0.39 is 0 Å². The van der Waals surface area contributed by atoms with Crippen molar-refractivity contribution in [2.75, 3.05) is 0 Å². The van der Waals surface area contributed by atoms with Crippen molar-refractivity contribution in [1.82, 2.24) is 0 Å². The van der Waals surface area contributed by atoms with Crippen LogP contribution < -0.4 is 0 Å². The summed E-state index contributed by atoms with van der Waals surface area (Å²) >= 11 is 0. The van der Waals surface area contributed by atoms with Crippen molar-refractivity contribution in [2.24, 2.45) is 17.8 Å². The average Bonchev–Trinajstić information content (AvgIpc) is 2.85. The van der Waals surface area contributed by atoms with Gasteiger partial charge in [0.1, 0.15) is 0 Å². The molecule has 4 rings (SSSR count). The molecule has 0 heterocycles. The third kappa shape index (κ3) is 6.12. The lowest BCUT2D eigenvalue weighted by molar-refractivity contribution is 0.312. The van der Waals surface area contributed by atoms with Crippen LogP contribution in [0.25, 0.3) is 5.57 Å². The molecule has 0 radical (unpaired) electrons. The van der Waals surface area contributed by atoms with E-state index in [-0.39, 0.29) is 0 Å². The minimum absolute atomic E-state index is 0.340. The highest BCUT2D eigenvalue weighted by molar-refractivity contribution is 7.43. The van der Waals surface area contributed by atoms with Gasteiger partial charge in [-0.2, -0.15) is 0 Å². The van der Waals surface area contributed by atoms with E-state index in [1.165, 1.54) is 77.0 Å². The summed E-state index contributed by atoms with van der Waals surface area (Å²) in [5.41, 5.74) is 7.11. The SMILES string of the molecule is CC(C)C1=C(c2ccccc2)C(PC2CCCCC2)(C(C)C)CC(PC2CCCCC2)(C(C)C)C1. The van der Waals surface area contributed by atoms with Gasteiger partial charge in [0.15, 0.2) is 0 Å². The Morgan fingerprint density at radius 3 is 1.71 bits per heavy atom. The second kappa shape index (κ2) is 12.1. The zero-order valence-corrected chi connectivity index (χ0v) is 25.8. The van der Waals surface area contributed by atoms with Gasteiger partial charge < -0.3 is 0 Å². The molecule has 4 unspecified atom stereocenters.